The second kappa shape index (κ2) is 2.59. The van der Waals surface area contributed by atoms with Gasteiger partial charge in [-0.25, -0.2) is 0 Å². The zero-order chi connectivity index (χ0) is 8.55. The molecule has 0 radical (unpaired) electrons. The third-order valence-electron chi connectivity index (χ3n) is 2.12. The summed E-state index contributed by atoms with van der Waals surface area (Å²) in [6.07, 6.45) is 1.85. The van der Waals surface area contributed by atoms with E-state index >= 15 is 0 Å². The second-order valence-electron chi connectivity index (χ2n) is 3.12. The molecule has 0 N–H and O–H groups in total. The van der Waals surface area contributed by atoms with Crippen LogP contribution in [-0.4, -0.2) is 4.98 Å². The van der Waals surface area contributed by atoms with E-state index in [0.29, 0.717) is 0 Å². The SMILES string of the molecule is Cc1ccc2ccnc(C)c2c1. The predicted molar refractivity (Wildman–Crippen MR) is 51.2 cm³/mol. The van der Waals surface area contributed by atoms with E-state index in [-0.39, 0.29) is 0 Å². The van der Waals surface area contributed by atoms with E-state index in [1.54, 1.807) is 0 Å². The number of pyridine rings is 1. The Hall–Kier alpha value is -1.37. The monoisotopic (exact) mass is 157 g/mol. The third kappa shape index (κ3) is 1.07. The molecule has 0 saturated heterocycles. The summed E-state index contributed by atoms with van der Waals surface area (Å²) in [6.45, 7) is 4.15. The van der Waals surface area contributed by atoms with Crippen LogP contribution in [0.1, 0.15) is 11.3 Å². The fourth-order valence-corrected chi connectivity index (χ4v) is 1.43. The molecular formula is C11H11N. The molecule has 0 spiro atoms. The van der Waals surface area contributed by atoms with Gasteiger partial charge in [-0.1, -0.05) is 17.7 Å². The highest BCUT2D eigenvalue weighted by Gasteiger charge is 1.96. The number of hydrogen-bond donors (Lipinski definition) is 0. The fraction of sp³-hybridized carbons (Fsp3) is 0.182. The van der Waals surface area contributed by atoms with Gasteiger partial charge in [-0.15, -0.1) is 0 Å². The molecule has 1 heterocycles. The molecule has 1 nitrogen and oxygen atoms in total. The number of rotatable bonds is 0. The molecular weight excluding hydrogens is 146 g/mol. The first-order valence-electron chi connectivity index (χ1n) is 4.09. The van der Waals surface area contributed by atoms with E-state index < -0.39 is 0 Å². The van der Waals surface area contributed by atoms with Crippen LogP contribution in [0.3, 0.4) is 0 Å². The predicted octanol–water partition coefficient (Wildman–Crippen LogP) is 2.85. The van der Waals surface area contributed by atoms with Crippen LogP contribution in [0.25, 0.3) is 10.8 Å². The lowest BCUT2D eigenvalue weighted by Crippen LogP contribution is -1.83. The van der Waals surface area contributed by atoms with Crippen molar-refractivity contribution in [2.75, 3.05) is 0 Å². The zero-order valence-electron chi connectivity index (χ0n) is 7.33. The standard InChI is InChI=1S/C11H11N/c1-8-3-4-10-5-6-12-9(2)11(10)7-8/h3-7H,1-2H3. The normalized spacial score (nSPS) is 10.5. The summed E-state index contributed by atoms with van der Waals surface area (Å²) in [5.41, 5.74) is 2.40. The summed E-state index contributed by atoms with van der Waals surface area (Å²) in [4.78, 5) is 4.25. The molecule has 2 aromatic rings. The van der Waals surface area contributed by atoms with Crippen LogP contribution in [0, 0.1) is 13.8 Å². The van der Waals surface area contributed by atoms with Crippen molar-refractivity contribution in [2.24, 2.45) is 0 Å². The number of aryl methyl sites for hydroxylation is 2. The fourth-order valence-electron chi connectivity index (χ4n) is 1.43. The molecule has 12 heavy (non-hydrogen) atoms. The highest BCUT2D eigenvalue weighted by Crippen LogP contribution is 2.17. The van der Waals surface area contributed by atoms with Crippen molar-refractivity contribution < 1.29 is 0 Å². The summed E-state index contributed by atoms with van der Waals surface area (Å²) in [5.74, 6) is 0. The Balaban J connectivity index is 2.88. The van der Waals surface area contributed by atoms with Gasteiger partial charge in [-0.3, -0.25) is 4.98 Å². The topological polar surface area (TPSA) is 12.9 Å². The molecule has 0 amide bonds. The molecule has 0 saturated carbocycles. The van der Waals surface area contributed by atoms with Gasteiger partial charge in [0.1, 0.15) is 0 Å². The van der Waals surface area contributed by atoms with Gasteiger partial charge in [-0.2, -0.15) is 0 Å². The number of benzene rings is 1. The summed E-state index contributed by atoms with van der Waals surface area (Å²) in [6, 6.07) is 8.49. The van der Waals surface area contributed by atoms with Gasteiger partial charge >= 0.3 is 0 Å². The van der Waals surface area contributed by atoms with Crippen molar-refractivity contribution >= 4 is 10.8 Å². The van der Waals surface area contributed by atoms with Crippen molar-refractivity contribution in [3.8, 4) is 0 Å². The number of nitrogens with zero attached hydrogens (tertiary/aromatic N) is 1. The average molecular weight is 157 g/mol. The van der Waals surface area contributed by atoms with E-state index in [0.717, 1.165) is 5.69 Å². The quantitative estimate of drug-likeness (QED) is 0.573. The van der Waals surface area contributed by atoms with Gasteiger partial charge in [0, 0.05) is 17.3 Å². The Bertz CT molecular complexity index is 418. The Morgan fingerprint density at radius 2 is 1.92 bits per heavy atom. The number of fused-ring (bicyclic) bond motifs is 1. The zero-order valence-corrected chi connectivity index (χ0v) is 7.33. The maximum absolute atomic E-state index is 4.25. The molecule has 0 aliphatic heterocycles. The lowest BCUT2D eigenvalue weighted by molar-refractivity contribution is 1.23. The summed E-state index contributed by atoms with van der Waals surface area (Å²) >= 11 is 0. The van der Waals surface area contributed by atoms with Crippen molar-refractivity contribution in [3.63, 3.8) is 0 Å². The maximum Gasteiger partial charge on any atom is 0.0451 e. The minimum atomic E-state index is 1.11. The summed E-state index contributed by atoms with van der Waals surface area (Å²) in [5, 5.41) is 2.53. The molecule has 0 bridgehead atoms. The molecule has 0 unspecified atom stereocenters. The van der Waals surface area contributed by atoms with Crippen molar-refractivity contribution in [2.45, 2.75) is 13.8 Å². The van der Waals surface area contributed by atoms with Crippen molar-refractivity contribution in [3.05, 3.63) is 41.7 Å². The Labute approximate surface area is 72.1 Å². The van der Waals surface area contributed by atoms with Gasteiger partial charge in [0.25, 0.3) is 0 Å². The Morgan fingerprint density at radius 3 is 2.75 bits per heavy atom. The molecule has 0 aliphatic rings. The number of hydrogen-bond acceptors (Lipinski definition) is 1. The lowest BCUT2D eigenvalue weighted by Gasteiger charge is -2.01. The minimum absolute atomic E-state index is 1.11. The molecule has 0 atom stereocenters. The summed E-state index contributed by atoms with van der Waals surface area (Å²) < 4.78 is 0. The molecule has 1 heteroatoms. The van der Waals surface area contributed by atoms with Crippen LogP contribution in [0.15, 0.2) is 30.5 Å². The minimum Gasteiger partial charge on any atom is -0.261 e. The smallest absolute Gasteiger partial charge is 0.0451 e. The van der Waals surface area contributed by atoms with E-state index in [1.807, 2.05) is 19.2 Å². The highest BCUT2D eigenvalue weighted by molar-refractivity contribution is 5.84. The largest absolute Gasteiger partial charge is 0.261 e. The summed E-state index contributed by atoms with van der Waals surface area (Å²) in [7, 11) is 0. The van der Waals surface area contributed by atoms with Crippen LogP contribution >= 0.6 is 0 Å². The molecule has 0 fully saturated rings. The van der Waals surface area contributed by atoms with E-state index in [2.05, 4.69) is 30.1 Å². The molecule has 60 valence electrons. The Morgan fingerprint density at radius 1 is 1.08 bits per heavy atom. The van der Waals surface area contributed by atoms with Gasteiger partial charge in [0.15, 0.2) is 0 Å². The first kappa shape index (κ1) is 7.29. The van der Waals surface area contributed by atoms with Crippen LogP contribution in [0.4, 0.5) is 0 Å². The molecule has 1 aromatic heterocycles. The highest BCUT2D eigenvalue weighted by atomic mass is 14.7. The number of aromatic nitrogens is 1. The van der Waals surface area contributed by atoms with E-state index in [1.165, 1.54) is 16.3 Å². The van der Waals surface area contributed by atoms with Crippen LogP contribution < -0.4 is 0 Å². The molecule has 2 rings (SSSR count). The maximum atomic E-state index is 4.25. The average Bonchev–Trinajstić information content (AvgIpc) is 2.07. The van der Waals surface area contributed by atoms with E-state index in [4.69, 9.17) is 0 Å². The Kier molecular flexibility index (Phi) is 1.58. The van der Waals surface area contributed by atoms with Crippen LogP contribution in [0.5, 0.6) is 0 Å². The van der Waals surface area contributed by atoms with Crippen LogP contribution in [-0.2, 0) is 0 Å². The first-order chi connectivity index (χ1) is 5.77. The van der Waals surface area contributed by atoms with E-state index in [9.17, 15) is 0 Å². The van der Waals surface area contributed by atoms with Gasteiger partial charge in [0.05, 0.1) is 0 Å². The first-order valence-corrected chi connectivity index (χ1v) is 4.09. The van der Waals surface area contributed by atoms with Crippen molar-refractivity contribution in [1.29, 1.82) is 0 Å². The molecule has 0 aliphatic carbocycles. The van der Waals surface area contributed by atoms with Crippen LogP contribution in [0.2, 0.25) is 0 Å². The van der Waals surface area contributed by atoms with Gasteiger partial charge in [0.2, 0.25) is 0 Å². The second-order valence-corrected chi connectivity index (χ2v) is 3.12. The van der Waals surface area contributed by atoms with Gasteiger partial charge in [-0.05, 0) is 31.4 Å². The third-order valence-corrected chi connectivity index (χ3v) is 2.12. The lowest BCUT2D eigenvalue weighted by atomic mass is 10.1. The molecule has 1 aromatic carbocycles. The van der Waals surface area contributed by atoms with Gasteiger partial charge < -0.3 is 0 Å². The van der Waals surface area contributed by atoms with Crippen molar-refractivity contribution in [1.82, 2.24) is 4.98 Å².